The van der Waals surface area contributed by atoms with Gasteiger partial charge in [0.2, 0.25) is 0 Å². The normalized spacial score (nSPS) is 18.8. The minimum atomic E-state index is -2.85. The third-order valence-electron chi connectivity index (χ3n) is 5.86. The first-order valence-corrected chi connectivity index (χ1v) is 11.7. The van der Waals surface area contributed by atoms with Crippen LogP contribution in [-0.2, 0) is 29.3 Å². The molecule has 2 aromatic rings. The maximum absolute atomic E-state index is 14.1. The molecule has 6 heteroatoms. The van der Waals surface area contributed by atoms with E-state index in [1.807, 2.05) is 18.2 Å². The average molecular weight is 405 g/mol. The van der Waals surface area contributed by atoms with Crippen molar-refractivity contribution in [1.29, 1.82) is 0 Å². The van der Waals surface area contributed by atoms with Crippen molar-refractivity contribution in [2.75, 3.05) is 18.1 Å². The molecule has 4 rings (SSSR count). The molecule has 4 nitrogen and oxygen atoms in total. The van der Waals surface area contributed by atoms with Gasteiger partial charge in [-0.15, -0.1) is 0 Å². The van der Waals surface area contributed by atoms with Crippen LogP contribution in [0.3, 0.4) is 0 Å². The first-order chi connectivity index (χ1) is 13.4. The van der Waals surface area contributed by atoms with E-state index in [4.69, 9.17) is 4.74 Å². The Labute approximate surface area is 165 Å². The summed E-state index contributed by atoms with van der Waals surface area (Å²) in [6, 6.07) is 9.30. The zero-order valence-electron chi connectivity index (χ0n) is 15.8. The molecule has 1 saturated heterocycles. The van der Waals surface area contributed by atoms with Gasteiger partial charge in [-0.3, -0.25) is 0 Å². The SMILES string of the molecule is O=S1(=O)CCC(COc2ccc3c(c2)CCCc2cc(F)c(CO)cc2-3)CC1. The lowest BCUT2D eigenvalue weighted by molar-refractivity contribution is 0.238. The molecular formula is C22H25FO4S. The van der Waals surface area contributed by atoms with E-state index in [2.05, 4.69) is 0 Å². The van der Waals surface area contributed by atoms with E-state index < -0.39 is 9.84 Å². The summed E-state index contributed by atoms with van der Waals surface area (Å²) in [7, 11) is -2.85. The van der Waals surface area contributed by atoms with Gasteiger partial charge < -0.3 is 9.84 Å². The number of aryl methyl sites for hydroxylation is 2. The molecule has 28 heavy (non-hydrogen) atoms. The Kier molecular flexibility index (Phi) is 5.43. The Bertz CT molecular complexity index is 970. The fraction of sp³-hybridized carbons (Fsp3) is 0.455. The van der Waals surface area contributed by atoms with Gasteiger partial charge in [0.1, 0.15) is 21.4 Å². The van der Waals surface area contributed by atoms with Crippen LogP contribution in [0.1, 0.15) is 36.0 Å². The number of aliphatic hydroxyl groups excluding tert-OH is 1. The van der Waals surface area contributed by atoms with Gasteiger partial charge in [-0.25, -0.2) is 12.8 Å². The van der Waals surface area contributed by atoms with Gasteiger partial charge in [0.25, 0.3) is 0 Å². The van der Waals surface area contributed by atoms with Crippen LogP contribution in [0, 0.1) is 11.7 Å². The average Bonchev–Trinajstić information content (AvgIpc) is 2.84. The molecule has 0 bridgehead atoms. The zero-order valence-corrected chi connectivity index (χ0v) is 16.6. The Morgan fingerprint density at radius 3 is 2.46 bits per heavy atom. The number of ether oxygens (including phenoxy) is 1. The number of rotatable bonds is 4. The summed E-state index contributed by atoms with van der Waals surface area (Å²) in [5, 5.41) is 9.41. The minimum absolute atomic E-state index is 0.256. The van der Waals surface area contributed by atoms with Crippen molar-refractivity contribution < 1.29 is 22.7 Å². The minimum Gasteiger partial charge on any atom is -0.493 e. The molecule has 0 atom stereocenters. The fourth-order valence-corrected chi connectivity index (χ4v) is 5.75. The third-order valence-corrected chi connectivity index (χ3v) is 7.58. The van der Waals surface area contributed by atoms with Crippen molar-refractivity contribution in [3.05, 3.63) is 52.8 Å². The third kappa shape index (κ3) is 4.08. The number of hydrogen-bond acceptors (Lipinski definition) is 4. The van der Waals surface area contributed by atoms with E-state index in [1.165, 1.54) is 0 Å². The monoisotopic (exact) mass is 404 g/mol. The fourth-order valence-electron chi connectivity index (χ4n) is 4.16. The summed E-state index contributed by atoms with van der Waals surface area (Å²) < 4.78 is 43.1. The second-order valence-electron chi connectivity index (χ2n) is 7.84. The number of fused-ring (bicyclic) bond motifs is 3. The predicted molar refractivity (Wildman–Crippen MR) is 107 cm³/mol. The number of sulfone groups is 1. The van der Waals surface area contributed by atoms with Crippen LogP contribution in [0.25, 0.3) is 11.1 Å². The Hall–Kier alpha value is -1.92. The summed E-state index contributed by atoms with van der Waals surface area (Å²) in [6.07, 6.45) is 3.95. The van der Waals surface area contributed by atoms with E-state index in [0.29, 0.717) is 25.0 Å². The zero-order chi connectivity index (χ0) is 19.7. The maximum atomic E-state index is 14.1. The molecule has 1 heterocycles. The summed E-state index contributed by atoms with van der Waals surface area (Å²) >= 11 is 0. The molecule has 0 saturated carbocycles. The van der Waals surface area contributed by atoms with Crippen molar-refractivity contribution in [2.45, 2.75) is 38.7 Å². The van der Waals surface area contributed by atoms with Crippen LogP contribution in [0.15, 0.2) is 30.3 Å². The number of benzene rings is 2. The summed E-state index contributed by atoms with van der Waals surface area (Å²) in [5.41, 5.74) is 4.52. The number of aliphatic hydroxyl groups is 1. The molecule has 0 aromatic heterocycles. The van der Waals surface area contributed by atoms with Crippen molar-refractivity contribution in [1.82, 2.24) is 0 Å². The molecule has 1 aliphatic carbocycles. The summed E-state index contributed by atoms with van der Waals surface area (Å²) in [6.45, 7) is 0.220. The molecule has 0 unspecified atom stereocenters. The van der Waals surface area contributed by atoms with Crippen molar-refractivity contribution in [3.8, 4) is 16.9 Å². The lowest BCUT2D eigenvalue weighted by Crippen LogP contribution is -2.26. The van der Waals surface area contributed by atoms with Crippen molar-refractivity contribution >= 4 is 9.84 Å². The predicted octanol–water partition coefficient (Wildman–Crippen LogP) is 3.68. The molecule has 2 aliphatic rings. The molecule has 0 amide bonds. The van der Waals surface area contributed by atoms with Crippen molar-refractivity contribution in [2.24, 2.45) is 5.92 Å². The highest BCUT2D eigenvalue weighted by atomic mass is 32.2. The van der Waals surface area contributed by atoms with Crippen LogP contribution in [0.4, 0.5) is 4.39 Å². The van der Waals surface area contributed by atoms with Gasteiger partial charge in [-0.2, -0.15) is 0 Å². The molecule has 2 aromatic carbocycles. The topological polar surface area (TPSA) is 63.6 Å². The Morgan fingerprint density at radius 1 is 1.04 bits per heavy atom. The van der Waals surface area contributed by atoms with Gasteiger partial charge in [-0.1, -0.05) is 6.07 Å². The van der Waals surface area contributed by atoms with E-state index in [-0.39, 0.29) is 29.8 Å². The van der Waals surface area contributed by atoms with Gasteiger partial charge in [0.05, 0.1) is 24.7 Å². The second kappa shape index (κ2) is 7.84. The molecule has 1 fully saturated rings. The van der Waals surface area contributed by atoms with E-state index in [1.54, 1.807) is 12.1 Å². The number of halogens is 1. The Morgan fingerprint density at radius 2 is 1.75 bits per heavy atom. The molecule has 1 N–H and O–H groups in total. The second-order valence-corrected chi connectivity index (χ2v) is 10.1. The first kappa shape index (κ1) is 19.4. The van der Waals surface area contributed by atoms with E-state index in [9.17, 15) is 17.9 Å². The molecule has 0 radical (unpaired) electrons. The highest BCUT2D eigenvalue weighted by Gasteiger charge is 2.24. The van der Waals surface area contributed by atoms with Crippen LogP contribution in [0.5, 0.6) is 5.75 Å². The van der Waals surface area contributed by atoms with Crippen LogP contribution < -0.4 is 4.74 Å². The van der Waals surface area contributed by atoms with Crippen molar-refractivity contribution in [3.63, 3.8) is 0 Å². The van der Waals surface area contributed by atoms with Crippen LogP contribution in [-0.4, -0.2) is 31.6 Å². The van der Waals surface area contributed by atoms with Gasteiger partial charge >= 0.3 is 0 Å². The molecule has 1 aliphatic heterocycles. The highest BCUT2D eigenvalue weighted by Crippen LogP contribution is 2.36. The van der Waals surface area contributed by atoms with Gasteiger partial charge in [-0.05, 0) is 84.5 Å². The quantitative estimate of drug-likeness (QED) is 0.844. The van der Waals surface area contributed by atoms with E-state index in [0.717, 1.165) is 47.3 Å². The maximum Gasteiger partial charge on any atom is 0.150 e. The number of hydrogen-bond donors (Lipinski definition) is 1. The first-order valence-electron chi connectivity index (χ1n) is 9.84. The van der Waals surface area contributed by atoms with Gasteiger partial charge in [0.15, 0.2) is 0 Å². The van der Waals surface area contributed by atoms with Crippen LogP contribution >= 0.6 is 0 Å². The largest absolute Gasteiger partial charge is 0.493 e. The molecule has 150 valence electrons. The van der Waals surface area contributed by atoms with Gasteiger partial charge in [0, 0.05) is 5.56 Å². The van der Waals surface area contributed by atoms with E-state index >= 15 is 0 Å². The lowest BCUT2D eigenvalue weighted by Gasteiger charge is -2.22. The smallest absolute Gasteiger partial charge is 0.150 e. The standard InChI is InChI=1S/C22H25FO4S/c23-22-12-17-3-1-2-16-10-19(4-5-20(16)21(17)11-18(22)13-24)27-14-15-6-8-28(25,26)9-7-15/h4-5,10-12,15,24H,1-3,6-9,13-14H2. The molecule has 0 spiro atoms. The highest BCUT2D eigenvalue weighted by molar-refractivity contribution is 7.91. The lowest BCUT2D eigenvalue weighted by atomic mass is 9.94. The molecular weight excluding hydrogens is 379 g/mol. The van der Waals surface area contributed by atoms with Crippen LogP contribution in [0.2, 0.25) is 0 Å². The Balaban J connectivity index is 1.53. The summed E-state index contributed by atoms with van der Waals surface area (Å²) in [5.74, 6) is 1.23. The summed E-state index contributed by atoms with van der Waals surface area (Å²) in [4.78, 5) is 0.